The minimum Gasteiger partial charge on any atom is -0.384 e. The first-order valence-corrected chi connectivity index (χ1v) is 7.43. The first kappa shape index (κ1) is 17.2. The van der Waals surface area contributed by atoms with Crippen molar-refractivity contribution in [1.82, 2.24) is 4.98 Å². The number of carbonyl (C=O) groups excluding carboxylic acids is 1. The van der Waals surface area contributed by atoms with Crippen LogP contribution in [0.2, 0.25) is 0 Å². The van der Waals surface area contributed by atoms with Crippen molar-refractivity contribution in [2.45, 2.75) is 18.9 Å². The monoisotopic (exact) mass is 333 g/mol. The molecule has 1 saturated heterocycles. The number of nitrogen functional groups attached to an aromatic ring is 1. The lowest BCUT2D eigenvalue weighted by Gasteiger charge is -2.31. The quantitative estimate of drug-likeness (QED) is 0.904. The highest BCUT2D eigenvalue weighted by Gasteiger charge is 2.33. The molecule has 122 valence electrons. The number of carbonyl (C=O) groups is 1. The fourth-order valence-corrected chi connectivity index (χ4v) is 2.74. The van der Waals surface area contributed by atoms with Crippen molar-refractivity contribution in [3.63, 3.8) is 0 Å². The van der Waals surface area contributed by atoms with Crippen LogP contribution in [0.3, 0.4) is 0 Å². The van der Waals surface area contributed by atoms with Crippen molar-refractivity contribution in [2.24, 2.45) is 5.92 Å². The highest BCUT2D eigenvalue weighted by atomic mass is 35.5. The third-order valence-corrected chi connectivity index (χ3v) is 3.84. The average Bonchev–Trinajstić information content (AvgIpc) is 2.58. The number of benzene rings is 1. The maximum absolute atomic E-state index is 12.6. The van der Waals surface area contributed by atoms with Crippen LogP contribution in [-0.2, 0) is 9.53 Å². The highest BCUT2D eigenvalue weighted by Crippen LogP contribution is 2.34. The Hall–Kier alpha value is -2.11. The van der Waals surface area contributed by atoms with Gasteiger partial charge in [-0.1, -0.05) is 30.3 Å². The SMILES string of the molecule is Cl.Nc1ccc(NC(=O)C2CCCOC2c2ccccc2)cn1. The average molecular weight is 334 g/mol. The molecule has 23 heavy (non-hydrogen) atoms. The van der Waals surface area contributed by atoms with Gasteiger partial charge in [-0.05, 0) is 30.5 Å². The molecule has 3 N–H and O–H groups in total. The molecule has 6 heteroatoms. The van der Waals surface area contributed by atoms with Gasteiger partial charge in [0.05, 0.1) is 23.9 Å². The summed E-state index contributed by atoms with van der Waals surface area (Å²) in [4.78, 5) is 16.6. The van der Waals surface area contributed by atoms with Gasteiger partial charge in [0.2, 0.25) is 5.91 Å². The van der Waals surface area contributed by atoms with Crippen molar-refractivity contribution in [3.8, 4) is 0 Å². The zero-order valence-electron chi connectivity index (χ0n) is 12.6. The topological polar surface area (TPSA) is 77.2 Å². The van der Waals surface area contributed by atoms with E-state index in [1.54, 1.807) is 18.3 Å². The second kappa shape index (κ2) is 7.94. The van der Waals surface area contributed by atoms with Gasteiger partial charge < -0.3 is 15.8 Å². The Morgan fingerprint density at radius 2 is 2.00 bits per heavy atom. The number of pyridine rings is 1. The van der Waals surface area contributed by atoms with E-state index >= 15 is 0 Å². The number of rotatable bonds is 3. The predicted molar refractivity (Wildman–Crippen MR) is 92.4 cm³/mol. The molecule has 1 fully saturated rings. The molecule has 1 aliphatic heterocycles. The maximum Gasteiger partial charge on any atom is 0.230 e. The van der Waals surface area contributed by atoms with Crippen LogP contribution in [0.15, 0.2) is 48.7 Å². The molecular weight excluding hydrogens is 314 g/mol. The van der Waals surface area contributed by atoms with E-state index in [1.165, 1.54) is 0 Å². The van der Waals surface area contributed by atoms with Gasteiger partial charge in [0.1, 0.15) is 5.82 Å². The third-order valence-electron chi connectivity index (χ3n) is 3.84. The number of nitrogens with two attached hydrogens (primary N) is 1. The van der Waals surface area contributed by atoms with Gasteiger partial charge in [0.15, 0.2) is 0 Å². The van der Waals surface area contributed by atoms with Crippen molar-refractivity contribution >= 4 is 29.8 Å². The summed E-state index contributed by atoms with van der Waals surface area (Å²) in [5.41, 5.74) is 7.24. The molecular formula is C17H20ClN3O2. The third kappa shape index (κ3) is 4.21. The first-order valence-electron chi connectivity index (χ1n) is 7.43. The first-order chi connectivity index (χ1) is 10.7. The molecule has 1 aliphatic rings. The van der Waals surface area contributed by atoms with Gasteiger partial charge in [-0.25, -0.2) is 4.98 Å². The summed E-state index contributed by atoms with van der Waals surface area (Å²) in [6.07, 6.45) is 3.07. The number of halogens is 1. The number of ether oxygens (including phenoxy) is 1. The number of hydrogen-bond acceptors (Lipinski definition) is 4. The van der Waals surface area contributed by atoms with Crippen molar-refractivity contribution in [2.75, 3.05) is 17.7 Å². The van der Waals surface area contributed by atoms with Gasteiger partial charge in [0, 0.05) is 6.61 Å². The van der Waals surface area contributed by atoms with E-state index in [2.05, 4.69) is 10.3 Å². The summed E-state index contributed by atoms with van der Waals surface area (Å²) in [5.74, 6) is 0.190. The zero-order chi connectivity index (χ0) is 15.4. The molecule has 2 unspecified atom stereocenters. The van der Waals surface area contributed by atoms with E-state index in [0.29, 0.717) is 18.1 Å². The Morgan fingerprint density at radius 3 is 2.70 bits per heavy atom. The molecule has 1 amide bonds. The fourth-order valence-electron chi connectivity index (χ4n) is 2.74. The van der Waals surface area contributed by atoms with E-state index in [1.807, 2.05) is 30.3 Å². The number of hydrogen-bond donors (Lipinski definition) is 2. The standard InChI is InChI=1S/C17H19N3O2.ClH/c18-15-9-8-13(11-19-15)20-17(21)14-7-4-10-22-16(14)12-5-2-1-3-6-12;/h1-3,5-6,8-9,11,14,16H,4,7,10H2,(H2,18,19)(H,20,21);1H. The molecule has 0 bridgehead atoms. The molecule has 1 aromatic carbocycles. The lowest BCUT2D eigenvalue weighted by Crippen LogP contribution is -2.33. The second-order valence-electron chi connectivity index (χ2n) is 5.41. The van der Waals surface area contributed by atoms with Crippen LogP contribution in [0.25, 0.3) is 0 Å². The second-order valence-corrected chi connectivity index (χ2v) is 5.41. The highest BCUT2D eigenvalue weighted by molar-refractivity contribution is 5.93. The Labute approximate surface area is 141 Å². The number of anilines is 2. The number of nitrogens with zero attached hydrogens (tertiary/aromatic N) is 1. The molecule has 0 spiro atoms. The van der Waals surface area contributed by atoms with E-state index in [0.717, 1.165) is 18.4 Å². The molecule has 0 saturated carbocycles. The summed E-state index contributed by atoms with van der Waals surface area (Å²) in [7, 11) is 0. The number of amides is 1. The maximum atomic E-state index is 12.6. The van der Waals surface area contributed by atoms with Crippen molar-refractivity contribution in [1.29, 1.82) is 0 Å². The van der Waals surface area contributed by atoms with E-state index in [4.69, 9.17) is 10.5 Å². The molecule has 2 atom stereocenters. The Balaban J connectivity index is 0.00000192. The molecule has 1 aromatic heterocycles. The van der Waals surface area contributed by atoms with Crippen LogP contribution in [-0.4, -0.2) is 17.5 Å². The van der Waals surface area contributed by atoms with E-state index < -0.39 is 0 Å². The molecule has 3 rings (SSSR count). The van der Waals surface area contributed by atoms with Crippen LogP contribution in [0, 0.1) is 5.92 Å². The zero-order valence-corrected chi connectivity index (χ0v) is 13.5. The van der Waals surface area contributed by atoms with Crippen molar-refractivity contribution < 1.29 is 9.53 Å². The predicted octanol–water partition coefficient (Wildman–Crippen LogP) is 3.19. The summed E-state index contributed by atoms with van der Waals surface area (Å²) in [6, 6.07) is 13.3. The lowest BCUT2D eigenvalue weighted by molar-refractivity contribution is -0.129. The molecule has 2 heterocycles. The summed E-state index contributed by atoms with van der Waals surface area (Å²) in [5, 5.41) is 2.90. The minimum absolute atomic E-state index is 0. The van der Waals surface area contributed by atoms with Crippen LogP contribution in [0.5, 0.6) is 0 Å². The molecule has 5 nitrogen and oxygen atoms in total. The van der Waals surface area contributed by atoms with Gasteiger partial charge in [-0.2, -0.15) is 0 Å². The molecule has 0 aliphatic carbocycles. The normalized spacial score (nSPS) is 20.3. The van der Waals surface area contributed by atoms with Crippen LogP contribution in [0.4, 0.5) is 11.5 Å². The van der Waals surface area contributed by atoms with Crippen LogP contribution in [0.1, 0.15) is 24.5 Å². The van der Waals surface area contributed by atoms with Gasteiger partial charge in [-0.15, -0.1) is 12.4 Å². The summed E-state index contributed by atoms with van der Waals surface area (Å²) >= 11 is 0. The van der Waals surface area contributed by atoms with Gasteiger partial charge in [-0.3, -0.25) is 4.79 Å². The van der Waals surface area contributed by atoms with E-state index in [-0.39, 0.29) is 30.3 Å². The fraction of sp³-hybridized carbons (Fsp3) is 0.294. The Kier molecular flexibility index (Phi) is 5.96. The lowest BCUT2D eigenvalue weighted by atomic mass is 9.88. The van der Waals surface area contributed by atoms with Crippen LogP contribution < -0.4 is 11.1 Å². The van der Waals surface area contributed by atoms with E-state index in [9.17, 15) is 4.79 Å². The Bertz CT molecular complexity index is 634. The minimum atomic E-state index is -0.200. The van der Waals surface area contributed by atoms with Gasteiger partial charge in [0.25, 0.3) is 0 Å². The number of nitrogens with one attached hydrogen (secondary N) is 1. The smallest absolute Gasteiger partial charge is 0.230 e. The summed E-state index contributed by atoms with van der Waals surface area (Å²) < 4.78 is 5.86. The van der Waals surface area contributed by atoms with Gasteiger partial charge >= 0.3 is 0 Å². The Morgan fingerprint density at radius 1 is 1.22 bits per heavy atom. The van der Waals surface area contributed by atoms with Crippen molar-refractivity contribution in [3.05, 3.63) is 54.2 Å². The molecule has 2 aromatic rings. The summed E-state index contributed by atoms with van der Waals surface area (Å²) in [6.45, 7) is 0.687. The number of aromatic nitrogens is 1. The largest absolute Gasteiger partial charge is 0.384 e. The van der Waals surface area contributed by atoms with Crippen LogP contribution >= 0.6 is 12.4 Å². The molecule has 0 radical (unpaired) electrons.